The average molecular weight is 313 g/mol. The van der Waals surface area contributed by atoms with Gasteiger partial charge in [0.05, 0.1) is 0 Å². The second-order valence-corrected chi connectivity index (χ2v) is 4.31. The lowest BCUT2D eigenvalue weighted by Crippen LogP contribution is -2.32. The lowest BCUT2D eigenvalue weighted by Gasteiger charge is -2.16. The minimum atomic E-state index is -4.50. The molecule has 0 radical (unpaired) electrons. The standard InChI is InChI=1S/C13H14F3N5O/c1-8(13(14,15)16)22-12-20-10(17-2)19-11(21-12)18-9-6-4-3-5-7-9/h3-8H,1-2H3,(H2,17,18,19,20,21). The number of halogens is 3. The van der Waals surface area contributed by atoms with Crippen LogP contribution < -0.4 is 15.4 Å². The molecule has 118 valence electrons. The molecular formula is C13H14F3N5O. The van der Waals surface area contributed by atoms with Crippen molar-refractivity contribution in [3.63, 3.8) is 0 Å². The molecule has 0 amide bonds. The van der Waals surface area contributed by atoms with E-state index in [0.717, 1.165) is 6.92 Å². The number of nitrogens with one attached hydrogen (secondary N) is 2. The molecule has 1 aromatic heterocycles. The zero-order valence-electron chi connectivity index (χ0n) is 11.8. The molecule has 0 aliphatic heterocycles. The lowest BCUT2D eigenvalue weighted by atomic mass is 10.3. The minimum Gasteiger partial charge on any atom is -0.451 e. The Morgan fingerprint density at radius 2 is 1.68 bits per heavy atom. The van der Waals surface area contributed by atoms with Crippen LogP contribution in [0.3, 0.4) is 0 Å². The number of anilines is 3. The molecule has 0 aliphatic rings. The third-order valence-electron chi connectivity index (χ3n) is 2.61. The summed E-state index contributed by atoms with van der Waals surface area (Å²) < 4.78 is 42.3. The van der Waals surface area contributed by atoms with Gasteiger partial charge in [-0.05, 0) is 19.1 Å². The maximum Gasteiger partial charge on any atom is 0.425 e. The van der Waals surface area contributed by atoms with Gasteiger partial charge in [-0.2, -0.15) is 28.1 Å². The molecule has 2 N–H and O–H groups in total. The van der Waals surface area contributed by atoms with Crippen molar-refractivity contribution < 1.29 is 17.9 Å². The van der Waals surface area contributed by atoms with Gasteiger partial charge in [0.2, 0.25) is 11.9 Å². The largest absolute Gasteiger partial charge is 0.451 e. The number of hydrogen-bond donors (Lipinski definition) is 2. The van der Waals surface area contributed by atoms with Crippen LogP contribution in [0.1, 0.15) is 6.92 Å². The Balaban J connectivity index is 2.22. The predicted octanol–water partition coefficient (Wildman–Crippen LogP) is 2.99. The molecule has 6 nitrogen and oxygen atoms in total. The highest BCUT2D eigenvalue weighted by Crippen LogP contribution is 2.24. The molecule has 1 unspecified atom stereocenters. The van der Waals surface area contributed by atoms with Crippen molar-refractivity contribution in [1.29, 1.82) is 0 Å². The van der Waals surface area contributed by atoms with Gasteiger partial charge in [-0.1, -0.05) is 18.2 Å². The molecule has 0 saturated heterocycles. The normalized spacial score (nSPS) is 12.6. The minimum absolute atomic E-state index is 0.0786. The summed E-state index contributed by atoms with van der Waals surface area (Å²) in [7, 11) is 1.54. The fraction of sp³-hybridized carbons (Fsp3) is 0.308. The number of hydrogen-bond acceptors (Lipinski definition) is 6. The molecule has 1 atom stereocenters. The van der Waals surface area contributed by atoms with E-state index in [1.54, 1.807) is 31.3 Å². The zero-order valence-corrected chi connectivity index (χ0v) is 11.8. The first-order valence-corrected chi connectivity index (χ1v) is 6.38. The van der Waals surface area contributed by atoms with Crippen LogP contribution in [0.4, 0.5) is 30.8 Å². The molecule has 22 heavy (non-hydrogen) atoms. The molecule has 2 rings (SSSR count). The van der Waals surface area contributed by atoms with E-state index < -0.39 is 18.3 Å². The van der Waals surface area contributed by atoms with Gasteiger partial charge in [0.1, 0.15) is 0 Å². The van der Waals surface area contributed by atoms with Crippen molar-refractivity contribution >= 4 is 17.6 Å². The highest BCUT2D eigenvalue weighted by atomic mass is 19.4. The number of alkyl halides is 3. The molecule has 0 aliphatic carbocycles. The molecule has 0 saturated carbocycles. The summed E-state index contributed by atoms with van der Waals surface area (Å²) in [4.78, 5) is 11.6. The highest BCUT2D eigenvalue weighted by Gasteiger charge is 2.38. The Hall–Kier alpha value is -2.58. The van der Waals surface area contributed by atoms with Crippen LogP contribution in [0, 0.1) is 0 Å². The molecule has 0 fully saturated rings. The second kappa shape index (κ2) is 6.46. The number of nitrogens with zero attached hydrogens (tertiary/aromatic N) is 3. The maximum absolute atomic E-state index is 12.5. The molecule has 1 aromatic carbocycles. The average Bonchev–Trinajstić information content (AvgIpc) is 2.47. The number of benzene rings is 1. The fourth-order valence-electron chi connectivity index (χ4n) is 1.45. The van der Waals surface area contributed by atoms with Crippen molar-refractivity contribution in [3.05, 3.63) is 30.3 Å². The van der Waals surface area contributed by atoms with Crippen LogP contribution in [0.25, 0.3) is 0 Å². The van der Waals surface area contributed by atoms with Gasteiger partial charge in [0.25, 0.3) is 0 Å². The fourth-order valence-corrected chi connectivity index (χ4v) is 1.45. The van der Waals surface area contributed by atoms with Crippen LogP contribution in [-0.4, -0.2) is 34.3 Å². The smallest absolute Gasteiger partial charge is 0.425 e. The van der Waals surface area contributed by atoms with Gasteiger partial charge >= 0.3 is 12.2 Å². The highest BCUT2D eigenvalue weighted by molar-refractivity contribution is 5.53. The topological polar surface area (TPSA) is 72.0 Å². The maximum atomic E-state index is 12.5. The monoisotopic (exact) mass is 313 g/mol. The number of ether oxygens (including phenoxy) is 1. The third-order valence-corrected chi connectivity index (χ3v) is 2.61. The van der Waals surface area contributed by atoms with E-state index in [1.165, 1.54) is 0 Å². The van der Waals surface area contributed by atoms with Crippen molar-refractivity contribution in [2.45, 2.75) is 19.2 Å². The van der Waals surface area contributed by atoms with Gasteiger partial charge < -0.3 is 15.4 Å². The van der Waals surface area contributed by atoms with Crippen molar-refractivity contribution in [2.24, 2.45) is 0 Å². The summed E-state index contributed by atoms with van der Waals surface area (Å²) in [6, 6.07) is 8.54. The number of para-hydroxylation sites is 1. The van der Waals surface area contributed by atoms with E-state index >= 15 is 0 Å². The Labute approximate surface area is 124 Å². The van der Waals surface area contributed by atoms with E-state index in [1.807, 2.05) is 6.07 Å². The molecule has 0 spiro atoms. The second-order valence-electron chi connectivity index (χ2n) is 4.31. The Morgan fingerprint density at radius 1 is 1.05 bits per heavy atom. The van der Waals surface area contributed by atoms with Crippen LogP contribution in [0.15, 0.2) is 30.3 Å². The van der Waals surface area contributed by atoms with Crippen LogP contribution >= 0.6 is 0 Å². The summed E-state index contributed by atoms with van der Waals surface area (Å²) in [5, 5.41) is 5.51. The first-order valence-electron chi connectivity index (χ1n) is 6.38. The van der Waals surface area contributed by atoms with E-state index in [4.69, 9.17) is 4.74 Å². The van der Waals surface area contributed by atoms with Gasteiger partial charge in [0, 0.05) is 12.7 Å². The van der Waals surface area contributed by atoms with Crippen LogP contribution in [0.5, 0.6) is 6.01 Å². The summed E-state index contributed by atoms with van der Waals surface area (Å²) in [5.74, 6) is 0.174. The number of aromatic nitrogens is 3. The van der Waals surface area contributed by atoms with Gasteiger partial charge in [0.15, 0.2) is 6.10 Å². The van der Waals surface area contributed by atoms with Crippen molar-refractivity contribution in [3.8, 4) is 6.01 Å². The predicted molar refractivity (Wildman–Crippen MR) is 75.2 cm³/mol. The number of rotatable bonds is 5. The van der Waals surface area contributed by atoms with Crippen LogP contribution in [-0.2, 0) is 0 Å². The zero-order chi connectivity index (χ0) is 16.2. The molecule has 9 heteroatoms. The SMILES string of the molecule is CNc1nc(Nc2ccccc2)nc(OC(C)C(F)(F)F)n1. The Bertz CT molecular complexity index is 621. The quantitative estimate of drug-likeness (QED) is 0.884. The molecule has 1 heterocycles. The summed E-state index contributed by atoms with van der Waals surface area (Å²) in [6.07, 6.45) is -6.52. The lowest BCUT2D eigenvalue weighted by molar-refractivity contribution is -0.190. The first-order chi connectivity index (χ1) is 10.4. The Morgan fingerprint density at radius 3 is 2.27 bits per heavy atom. The summed E-state index contributed by atoms with van der Waals surface area (Å²) >= 11 is 0. The van der Waals surface area contributed by atoms with Gasteiger partial charge in [-0.25, -0.2) is 0 Å². The van der Waals surface area contributed by atoms with Crippen LogP contribution in [0.2, 0.25) is 0 Å². The summed E-state index contributed by atoms with van der Waals surface area (Å²) in [5.41, 5.74) is 0.686. The molecule has 2 aromatic rings. The third kappa shape index (κ3) is 4.21. The van der Waals surface area contributed by atoms with Crippen molar-refractivity contribution in [1.82, 2.24) is 15.0 Å². The molecule has 0 bridgehead atoms. The summed E-state index contributed by atoms with van der Waals surface area (Å²) in [6.45, 7) is 0.882. The van der Waals surface area contributed by atoms with Gasteiger partial charge in [-0.3, -0.25) is 0 Å². The van der Waals surface area contributed by atoms with Crippen molar-refractivity contribution in [2.75, 3.05) is 17.7 Å². The van der Waals surface area contributed by atoms with E-state index in [-0.39, 0.29) is 11.9 Å². The first kappa shape index (κ1) is 15.8. The van der Waals surface area contributed by atoms with E-state index in [9.17, 15) is 13.2 Å². The Kier molecular flexibility index (Phi) is 4.64. The van der Waals surface area contributed by atoms with E-state index in [0.29, 0.717) is 5.69 Å². The van der Waals surface area contributed by atoms with Gasteiger partial charge in [-0.15, -0.1) is 0 Å². The molecular weight excluding hydrogens is 299 g/mol. The van der Waals surface area contributed by atoms with E-state index in [2.05, 4.69) is 25.6 Å².